The Kier molecular flexibility index (Phi) is 5.50. The molecule has 0 unspecified atom stereocenters. The molecule has 1 aliphatic rings. The van der Waals surface area contributed by atoms with Crippen molar-refractivity contribution in [1.29, 1.82) is 0 Å². The van der Waals surface area contributed by atoms with Gasteiger partial charge in [-0.05, 0) is 25.6 Å². The Bertz CT molecular complexity index is 658. The van der Waals surface area contributed by atoms with Crippen molar-refractivity contribution in [3.63, 3.8) is 0 Å². The van der Waals surface area contributed by atoms with E-state index >= 15 is 0 Å². The molecule has 3 rings (SSSR count). The summed E-state index contributed by atoms with van der Waals surface area (Å²) in [5.74, 6) is 0.815. The third kappa shape index (κ3) is 3.77. The predicted molar refractivity (Wildman–Crippen MR) is 93.5 cm³/mol. The zero-order chi connectivity index (χ0) is 16.9. The molecule has 24 heavy (non-hydrogen) atoms. The highest BCUT2D eigenvalue weighted by Gasteiger charge is 2.24. The van der Waals surface area contributed by atoms with Crippen LogP contribution in [0.5, 0.6) is 5.75 Å². The molecule has 6 heteroatoms. The molecule has 6 nitrogen and oxygen atoms in total. The second-order valence-electron chi connectivity index (χ2n) is 6.35. The number of rotatable bonds is 6. The van der Waals surface area contributed by atoms with Crippen molar-refractivity contribution < 1.29 is 9.84 Å². The number of nitrogens with zero attached hydrogens (tertiary/aromatic N) is 4. The standard InChI is InChI=1S/C18H26N4O2/c1-20-8-9-21(14-16(20)7-10-23)12-15-11-19-22(13-15)17-5-3-4-6-18(17)24-2/h3-6,11,13,16,23H,7-10,12,14H2,1-2H3/t16-/m0/s1. The van der Waals surface area contributed by atoms with Crippen molar-refractivity contribution >= 4 is 0 Å². The molecule has 130 valence electrons. The lowest BCUT2D eigenvalue weighted by molar-refractivity contribution is 0.0743. The number of hydrogen-bond donors (Lipinski definition) is 1. The van der Waals surface area contributed by atoms with Gasteiger partial charge in [0.25, 0.3) is 0 Å². The Morgan fingerprint density at radius 2 is 2.12 bits per heavy atom. The average molecular weight is 330 g/mol. The molecular weight excluding hydrogens is 304 g/mol. The summed E-state index contributed by atoms with van der Waals surface area (Å²) in [5, 5.41) is 13.7. The number of aliphatic hydroxyl groups excluding tert-OH is 1. The maximum absolute atomic E-state index is 9.22. The zero-order valence-electron chi connectivity index (χ0n) is 14.4. The van der Waals surface area contributed by atoms with Gasteiger partial charge in [0.15, 0.2) is 0 Å². The van der Waals surface area contributed by atoms with Crippen LogP contribution in [0.25, 0.3) is 5.69 Å². The summed E-state index contributed by atoms with van der Waals surface area (Å²) >= 11 is 0. The molecule has 2 heterocycles. The monoisotopic (exact) mass is 330 g/mol. The first kappa shape index (κ1) is 17.0. The quantitative estimate of drug-likeness (QED) is 0.867. The number of para-hydroxylation sites is 2. The summed E-state index contributed by atoms with van der Waals surface area (Å²) < 4.78 is 7.28. The van der Waals surface area contributed by atoms with Gasteiger partial charge in [-0.25, -0.2) is 4.68 Å². The number of piperazine rings is 1. The third-order valence-electron chi connectivity index (χ3n) is 4.70. The number of methoxy groups -OCH3 is 1. The van der Waals surface area contributed by atoms with E-state index in [0.717, 1.165) is 44.0 Å². The fourth-order valence-electron chi connectivity index (χ4n) is 3.27. The molecule has 0 saturated carbocycles. The third-order valence-corrected chi connectivity index (χ3v) is 4.70. The highest BCUT2D eigenvalue weighted by molar-refractivity contribution is 5.46. The minimum absolute atomic E-state index is 0.245. The van der Waals surface area contributed by atoms with Crippen LogP contribution in [0.4, 0.5) is 0 Å². The Morgan fingerprint density at radius 1 is 1.29 bits per heavy atom. The van der Waals surface area contributed by atoms with E-state index in [1.54, 1.807) is 7.11 Å². The highest BCUT2D eigenvalue weighted by Crippen LogP contribution is 2.22. The van der Waals surface area contributed by atoms with E-state index in [2.05, 4.69) is 28.1 Å². The summed E-state index contributed by atoms with van der Waals surface area (Å²) in [7, 11) is 3.81. The lowest BCUT2D eigenvalue weighted by Gasteiger charge is -2.39. The van der Waals surface area contributed by atoms with E-state index in [1.165, 1.54) is 5.56 Å². The van der Waals surface area contributed by atoms with Crippen LogP contribution < -0.4 is 4.74 Å². The number of hydrogen-bond acceptors (Lipinski definition) is 5. The molecule has 1 atom stereocenters. The van der Waals surface area contributed by atoms with E-state index in [0.29, 0.717) is 6.04 Å². The summed E-state index contributed by atoms with van der Waals surface area (Å²) in [6.45, 7) is 4.18. The van der Waals surface area contributed by atoms with E-state index in [1.807, 2.05) is 35.1 Å². The number of aromatic nitrogens is 2. The smallest absolute Gasteiger partial charge is 0.144 e. The Morgan fingerprint density at radius 3 is 2.92 bits per heavy atom. The Hall–Kier alpha value is -1.89. The van der Waals surface area contributed by atoms with Crippen LogP contribution in [0.3, 0.4) is 0 Å². The van der Waals surface area contributed by atoms with Gasteiger partial charge in [-0.3, -0.25) is 4.90 Å². The Labute approximate surface area is 143 Å². The van der Waals surface area contributed by atoms with Gasteiger partial charge < -0.3 is 14.7 Å². The van der Waals surface area contributed by atoms with Gasteiger partial charge in [0.2, 0.25) is 0 Å². The lowest BCUT2D eigenvalue weighted by Crippen LogP contribution is -2.51. The van der Waals surface area contributed by atoms with E-state index in [-0.39, 0.29) is 6.61 Å². The van der Waals surface area contributed by atoms with Gasteiger partial charge in [-0.2, -0.15) is 5.10 Å². The SMILES string of the molecule is COc1ccccc1-n1cc(CN2CCN(C)[C@@H](CCO)C2)cn1. The van der Waals surface area contributed by atoms with Gasteiger partial charge in [0.1, 0.15) is 11.4 Å². The van der Waals surface area contributed by atoms with Crippen molar-refractivity contribution in [3.05, 3.63) is 42.2 Å². The van der Waals surface area contributed by atoms with Gasteiger partial charge in [0.05, 0.1) is 13.3 Å². The second-order valence-corrected chi connectivity index (χ2v) is 6.35. The van der Waals surface area contributed by atoms with Crippen molar-refractivity contribution in [2.24, 2.45) is 0 Å². The number of benzene rings is 1. The largest absolute Gasteiger partial charge is 0.494 e. The topological polar surface area (TPSA) is 53.8 Å². The molecule has 1 aromatic heterocycles. The zero-order valence-corrected chi connectivity index (χ0v) is 14.4. The summed E-state index contributed by atoms with van der Waals surface area (Å²) in [5.41, 5.74) is 2.14. The molecule has 0 radical (unpaired) electrons. The molecule has 1 N–H and O–H groups in total. The lowest BCUT2D eigenvalue weighted by atomic mass is 10.1. The number of aliphatic hydroxyl groups is 1. The van der Waals surface area contributed by atoms with Gasteiger partial charge in [-0.15, -0.1) is 0 Å². The van der Waals surface area contributed by atoms with E-state index in [9.17, 15) is 5.11 Å². The number of ether oxygens (including phenoxy) is 1. The van der Waals surface area contributed by atoms with Crippen LogP contribution in [-0.4, -0.2) is 71.1 Å². The molecular formula is C18H26N4O2. The van der Waals surface area contributed by atoms with Gasteiger partial charge >= 0.3 is 0 Å². The fourth-order valence-corrected chi connectivity index (χ4v) is 3.27. The molecule has 1 saturated heterocycles. The van der Waals surface area contributed by atoms with Crippen LogP contribution in [-0.2, 0) is 6.54 Å². The minimum atomic E-state index is 0.245. The first-order valence-electron chi connectivity index (χ1n) is 8.41. The average Bonchev–Trinajstić information content (AvgIpc) is 3.06. The van der Waals surface area contributed by atoms with Crippen molar-refractivity contribution in [2.45, 2.75) is 19.0 Å². The minimum Gasteiger partial charge on any atom is -0.494 e. The van der Waals surface area contributed by atoms with Gasteiger partial charge in [-0.1, -0.05) is 12.1 Å². The van der Waals surface area contributed by atoms with Gasteiger partial charge in [0, 0.05) is 50.6 Å². The molecule has 0 amide bonds. The predicted octanol–water partition coefficient (Wildman–Crippen LogP) is 1.38. The van der Waals surface area contributed by atoms with Crippen molar-refractivity contribution in [2.75, 3.05) is 40.4 Å². The van der Waals surface area contributed by atoms with Crippen LogP contribution >= 0.6 is 0 Å². The summed E-state index contributed by atoms with van der Waals surface area (Å²) in [4.78, 5) is 4.77. The maximum Gasteiger partial charge on any atom is 0.144 e. The van der Waals surface area contributed by atoms with Crippen LogP contribution in [0.15, 0.2) is 36.7 Å². The van der Waals surface area contributed by atoms with Crippen LogP contribution in [0.1, 0.15) is 12.0 Å². The summed E-state index contributed by atoms with van der Waals surface area (Å²) in [6.07, 6.45) is 4.82. The molecule has 1 fully saturated rings. The van der Waals surface area contributed by atoms with Crippen molar-refractivity contribution in [1.82, 2.24) is 19.6 Å². The Balaban J connectivity index is 1.68. The van der Waals surface area contributed by atoms with E-state index < -0.39 is 0 Å². The molecule has 2 aromatic rings. The first-order valence-corrected chi connectivity index (χ1v) is 8.41. The van der Waals surface area contributed by atoms with Crippen LogP contribution in [0, 0.1) is 0 Å². The highest BCUT2D eigenvalue weighted by atomic mass is 16.5. The van der Waals surface area contributed by atoms with Crippen LogP contribution in [0.2, 0.25) is 0 Å². The fraction of sp³-hybridized carbons (Fsp3) is 0.500. The van der Waals surface area contributed by atoms with Crippen molar-refractivity contribution in [3.8, 4) is 11.4 Å². The first-order chi connectivity index (χ1) is 11.7. The maximum atomic E-state index is 9.22. The van der Waals surface area contributed by atoms with E-state index in [4.69, 9.17) is 4.74 Å². The number of likely N-dealkylation sites (N-methyl/N-ethyl adjacent to an activating group) is 1. The summed E-state index contributed by atoms with van der Waals surface area (Å²) in [6, 6.07) is 8.31. The molecule has 0 aliphatic carbocycles. The molecule has 1 aliphatic heterocycles. The molecule has 0 bridgehead atoms. The second kappa shape index (κ2) is 7.79. The molecule has 1 aromatic carbocycles. The molecule has 0 spiro atoms. The normalized spacial score (nSPS) is 19.5.